The van der Waals surface area contributed by atoms with E-state index in [1.165, 1.54) is 30.5 Å². The molecule has 0 radical (unpaired) electrons. The lowest BCUT2D eigenvalue weighted by Gasteiger charge is -2.20. The van der Waals surface area contributed by atoms with E-state index in [9.17, 15) is 28.1 Å². The minimum Gasteiger partial charge on any atom is -0.481 e. The molecule has 0 saturated carbocycles. The van der Waals surface area contributed by atoms with Crippen molar-refractivity contribution in [2.24, 2.45) is 11.8 Å². The van der Waals surface area contributed by atoms with Crippen molar-refractivity contribution >= 4 is 28.2 Å². The number of carbonyl (C=O) groups is 1. The van der Waals surface area contributed by atoms with Gasteiger partial charge in [0, 0.05) is 19.3 Å². The maximum Gasteiger partial charge on any atom is 0.394 e. The maximum absolute atomic E-state index is 13.1. The smallest absolute Gasteiger partial charge is 0.394 e. The highest BCUT2D eigenvalue weighted by molar-refractivity contribution is 5.94. The molecule has 7 nitrogen and oxygen atoms in total. The van der Waals surface area contributed by atoms with Crippen LogP contribution >= 0.6 is 0 Å². The fourth-order valence-corrected chi connectivity index (χ4v) is 3.15. The lowest BCUT2D eigenvalue weighted by Crippen LogP contribution is -2.33. The summed E-state index contributed by atoms with van der Waals surface area (Å²) in [6.07, 6.45) is -3.26. The van der Waals surface area contributed by atoms with Crippen LogP contribution in [0.5, 0.6) is 0 Å². The van der Waals surface area contributed by atoms with Crippen molar-refractivity contribution in [3.63, 3.8) is 0 Å². The van der Waals surface area contributed by atoms with Gasteiger partial charge in [-0.05, 0) is 24.3 Å². The molecule has 0 amide bonds. The second-order valence-corrected chi connectivity index (χ2v) is 5.76. The molecule has 2 aromatic rings. The van der Waals surface area contributed by atoms with Crippen molar-refractivity contribution in [1.29, 1.82) is 0 Å². The molecule has 132 valence electrons. The number of hydrogen-bond acceptors (Lipinski definition) is 5. The Labute approximate surface area is 138 Å². The number of rotatable bonds is 3. The number of halogens is 3. The maximum atomic E-state index is 13.1. The van der Waals surface area contributed by atoms with Gasteiger partial charge in [-0.25, -0.2) is 0 Å². The number of aliphatic carboxylic acids is 1. The first-order chi connectivity index (χ1) is 11.7. The monoisotopic (exact) mass is 355 g/mol. The van der Waals surface area contributed by atoms with Crippen LogP contribution in [0.25, 0.3) is 10.9 Å². The lowest BCUT2D eigenvalue weighted by atomic mass is 9.96. The molecule has 25 heavy (non-hydrogen) atoms. The molecule has 1 fully saturated rings. The molecule has 0 unspecified atom stereocenters. The topological polar surface area (TPSA) is 96.6 Å². The molecule has 1 aromatic heterocycles. The lowest BCUT2D eigenvalue weighted by molar-refractivity contribution is -0.382. The van der Waals surface area contributed by atoms with Gasteiger partial charge in [-0.15, -0.1) is 0 Å². The predicted molar refractivity (Wildman–Crippen MR) is 81.3 cm³/mol. The highest BCUT2D eigenvalue weighted by atomic mass is 19.4. The highest BCUT2D eigenvalue weighted by Crippen LogP contribution is 2.43. The van der Waals surface area contributed by atoms with Crippen LogP contribution in [0.2, 0.25) is 0 Å². The number of pyridine rings is 1. The zero-order chi connectivity index (χ0) is 18.4. The predicted octanol–water partition coefficient (Wildman–Crippen LogP) is 2.84. The number of aromatic nitrogens is 1. The van der Waals surface area contributed by atoms with Crippen molar-refractivity contribution in [1.82, 2.24) is 4.98 Å². The van der Waals surface area contributed by atoms with Crippen LogP contribution in [0, 0.1) is 22.0 Å². The highest BCUT2D eigenvalue weighted by Gasteiger charge is 2.53. The van der Waals surface area contributed by atoms with Crippen molar-refractivity contribution in [3.8, 4) is 0 Å². The van der Waals surface area contributed by atoms with E-state index in [-0.39, 0.29) is 16.8 Å². The number of benzene rings is 1. The van der Waals surface area contributed by atoms with E-state index in [4.69, 9.17) is 5.11 Å². The van der Waals surface area contributed by atoms with E-state index in [1.807, 2.05) is 0 Å². The zero-order valence-electron chi connectivity index (χ0n) is 12.6. The third-order valence-electron chi connectivity index (χ3n) is 4.32. The normalized spacial score (nSPS) is 20.8. The molecule has 0 aliphatic carbocycles. The fraction of sp³-hybridized carbons (Fsp3) is 0.333. The Bertz CT molecular complexity index is 856. The molecule has 0 spiro atoms. The minimum atomic E-state index is -4.70. The molecule has 0 bridgehead atoms. The molecular weight excluding hydrogens is 343 g/mol. The Hall–Kier alpha value is -2.91. The van der Waals surface area contributed by atoms with Gasteiger partial charge in [0.15, 0.2) is 0 Å². The summed E-state index contributed by atoms with van der Waals surface area (Å²) in [5.74, 6) is -5.34. The van der Waals surface area contributed by atoms with Crippen LogP contribution in [-0.4, -0.2) is 40.2 Å². The minimum absolute atomic E-state index is 0.0384. The SMILES string of the molecule is O=C(O)[C@@H]1CN(c2ccc3ncccc3c2[N+](=O)[O-])C[C@H]1C(F)(F)F. The Morgan fingerprint density at radius 1 is 1.32 bits per heavy atom. The van der Waals surface area contributed by atoms with Crippen LogP contribution in [-0.2, 0) is 4.79 Å². The first kappa shape index (κ1) is 16.9. The van der Waals surface area contributed by atoms with Crippen LogP contribution < -0.4 is 4.90 Å². The van der Waals surface area contributed by atoms with Gasteiger partial charge in [-0.2, -0.15) is 13.2 Å². The van der Waals surface area contributed by atoms with E-state index in [0.29, 0.717) is 5.52 Å². The molecule has 1 saturated heterocycles. The number of nitro benzene ring substituents is 1. The summed E-state index contributed by atoms with van der Waals surface area (Å²) in [5.41, 5.74) is -0.0830. The average Bonchev–Trinajstić information content (AvgIpc) is 2.99. The second kappa shape index (κ2) is 5.87. The second-order valence-electron chi connectivity index (χ2n) is 5.76. The van der Waals surface area contributed by atoms with Gasteiger partial charge in [0.1, 0.15) is 5.69 Å². The number of alkyl halides is 3. The number of anilines is 1. The average molecular weight is 355 g/mol. The Morgan fingerprint density at radius 2 is 2.04 bits per heavy atom. The number of nitrogens with zero attached hydrogens (tertiary/aromatic N) is 3. The van der Waals surface area contributed by atoms with Crippen molar-refractivity contribution < 1.29 is 28.0 Å². The van der Waals surface area contributed by atoms with Crippen molar-refractivity contribution in [2.75, 3.05) is 18.0 Å². The molecular formula is C15H12F3N3O4. The third-order valence-corrected chi connectivity index (χ3v) is 4.32. The van der Waals surface area contributed by atoms with Gasteiger partial charge in [-0.1, -0.05) is 0 Å². The molecule has 1 aliphatic rings. The molecule has 3 rings (SSSR count). The third kappa shape index (κ3) is 2.94. The zero-order valence-corrected chi connectivity index (χ0v) is 12.6. The Balaban J connectivity index is 2.09. The summed E-state index contributed by atoms with van der Waals surface area (Å²) in [6, 6.07) is 5.72. The van der Waals surface area contributed by atoms with Crippen molar-refractivity contribution in [3.05, 3.63) is 40.6 Å². The van der Waals surface area contributed by atoms with Crippen LogP contribution in [0.1, 0.15) is 0 Å². The summed E-state index contributed by atoms with van der Waals surface area (Å²) in [4.78, 5) is 27.1. The Morgan fingerprint density at radius 3 is 2.60 bits per heavy atom. The quantitative estimate of drug-likeness (QED) is 0.672. The van der Waals surface area contributed by atoms with Gasteiger partial charge in [0.05, 0.1) is 27.7 Å². The van der Waals surface area contributed by atoms with Crippen molar-refractivity contribution in [2.45, 2.75) is 6.18 Å². The van der Waals surface area contributed by atoms with Crippen LogP contribution in [0.15, 0.2) is 30.5 Å². The number of nitro groups is 1. The van der Waals surface area contributed by atoms with Gasteiger partial charge in [0.2, 0.25) is 0 Å². The first-order valence-electron chi connectivity index (χ1n) is 7.26. The van der Waals surface area contributed by atoms with Gasteiger partial charge < -0.3 is 10.0 Å². The standard InChI is InChI=1S/C15H12F3N3O4/c16-15(17,18)10-7-20(6-9(10)14(22)23)12-4-3-11-8(2-1-5-19-11)13(12)21(24)25/h1-5,9-10H,6-7H2,(H,22,23)/t9-,10-/m1/s1. The molecule has 2 heterocycles. The largest absolute Gasteiger partial charge is 0.481 e. The summed E-state index contributed by atoms with van der Waals surface area (Å²) in [6.45, 7) is -1.10. The summed E-state index contributed by atoms with van der Waals surface area (Å²) in [7, 11) is 0. The van der Waals surface area contributed by atoms with E-state index in [1.54, 1.807) is 0 Å². The molecule has 10 heteroatoms. The molecule has 1 N–H and O–H groups in total. The summed E-state index contributed by atoms with van der Waals surface area (Å²) in [5, 5.41) is 20.8. The van der Waals surface area contributed by atoms with Gasteiger partial charge in [-0.3, -0.25) is 19.9 Å². The van der Waals surface area contributed by atoms with Crippen LogP contribution in [0.3, 0.4) is 0 Å². The van der Waals surface area contributed by atoms with E-state index in [2.05, 4.69) is 4.98 Å². The number of carboxylic acids is 1. The number of fused-ring (bicyclic) bond motifs is 1. The first-order valence-corrected chi connectivity index (χ1v) is 7.26. The molecule has 1 aromatic carbocycles. The molecule has 2 atom stereocenters. The van der Waals surface area contributed by atoms with E-state index >= 15 is 0 Å². The Kier molecular flexibility index (Phi) is 3.97. The summed E-state index contributed by atoms with van der Waals surface area (Å²) < 4.78 is 39.4. The number of carboxylic acid groups (broad SMARTS) is 1. The van der Waals surface area contributed by atoms with E-state index < -0.39 is 42.0 Å². The summed E-state index contributed by atoms with van der Waals surface area (Å²) >= 11 is 0. The molecule has 1 aliphatic heterocycles. The van der Waals surface area contributed by atoms with Gasteiger partial charge >= 0.3 is 17.8 Å². The van der Waals surface area contributed by atoms with E-state index in [0.717, 1.165) is 4.90 Å². The fourth-order valence-electron chi connectivity index (χ4n) is 3.15. The van der Waals surface area contributed by atoms with Crippen LogP contribution in [0.4, 0.5) is 24.5 Å². The number of hydrogen-bond donors (Lipinski definition) is 1. The van der Waals surface area contributed by atoms with Gasteiger partial charge in [0.25, 0.3) is 0 Å².